The van der Waals surface area contributed by atoms with Crippen LogP contribution < -0.4 is 19.8 Å². The van der Waals surface area contributed by atoms with Crippen LogP contribution in [0.3, 0.4) is 0 Å². The molecule has 1 aromatic heterocycles. The minimum Gasteiger partial charge on any atom is -0.493 e. The quantitative estimate of drug-likeness (QED) is 0.709. The fraction of sp³-hybridized carbons (Fsp3) is 0.600. The Hall–Kier alpha value is -2.32. The third kappa shape index (κ3) is 3.93. The molecule has 154 valence electrons. The van der Waals surface area contributed by atoms with Gasteiger partial charge in [-0.3, -0.25) is 19.2 Å². The summed E-state index contributed by atoms with van der Waals surface area (Å²) < 4.78 is 17.8. The van der Waals surface area contributed by atoms with Gasteiger partial charge >= 0.3 is 0 Å². The number of nitrogens with zero attached hydrogens (tertiary/aromatic N) is 4. The van der Waals surface area contributed by atoms with Crippen molar-refractivity contribution in [1.29, 1.82) is 0 Å². The van der Waals surface area contributed by atoms with Crippen molar-refractivity contribution in [2.24, 2.45) is 0 Å². The van der Waals surface area contributed by atoms with Gasteiger partial charge < -0.3 is 14.2 Å². The van der Waals surface area contributed by atoms with Crippen LogP contribution in [-0.2, 0) is 6.54 Å². The molecule has 3 rings (SSSR count). The van der Waals surface area contributed by atoms with Crippen molar-refractivity contribution >= 4 is 10.9 Å². The number of ether oxygens (including phenoxy) is 3. The van der Waals surface area contributed by atoms with Gasteiger partial charge in [0.2, 0.25) is 5.75 Å². The summed E-state index contributed by atoms with van der Waals surface area (Å²) in [5.74, 6) is 1.30. The minimum absolute atomic E-state index is 0.106. The monoisotopic (exact) mass is 390 g/mol. The predicted molar refractivity (Wildman–Crippen MR) is 109 cm³/mol. The van der Waals surface area contributed by atoms with Crippen LogP contribution in [0.15, 0.2) is 17.2 Å². The lowest BCUT2D eigenvalue weighted by molar-refractivity contribution is 0.106. The van der Waals surface area contributed by atoms with Crippen LogP contribution in [0, 0.1) is 0 Å². The van der Waals surface area contributed by atoms with E-state index in [1.807, 2.05) is 0 Å². The molecule has 0 spiro atoms. The van der Waals surface area contributed by atoms with E-state index in [1.165, 1.54) is 21.3 Å². The number of rotatable bonds is 7. The number of fused-ring (bicyclic) bond motifs is 1. The molecule has 0 aliphatic carbocycles. The van der Waals surface area contributed by atoms with Gasteiger partial charge in [-0.15, -0.1) is 0 Å². The third-order valence-electron chi connectivity index (χ3n) is 5.42. The van der Waals surface area contributed by atoms with Crippen LogP contribution in [0.25, 0.3) is 10.9 Å². The third-order valence-corrected chi connectivity index (χ3v) is 5.42. The van der Waals surface area contributed by atoms with E-state index in [9.17, 15) is 4.79 Å². The lowest BCUT2D eigenvalue weighted by Crippen LogP contribution is -2.49. The van der Waals surface area contributed by atoms with Crippen LogP contribution in [-0.4, -0.2) is 79.4 Å². The zero-order chi connectivity index (χ0) is 20.3. The Morgan fingerprint density at radius 1 is 1.00 bits per heavy atom. The maximum atomic E-state index is 13.0. The maximum Gasteiger partial charge on any atom is 0.261 e. The summed E-state index contributed by atoms with van der Waals surface area (Å²) in [6.45, 7) is 10.1. The molecule has 1 aliphatic rings. The summed E-state index contributed by atoms with van der Waals surface area (Å²) in [6.07, 6.45) is 1.59. The predicted octanol–water partition coefficient (Wildman–Crippen LogP) is 1.45. The topological polar surface area (TPSA) is 69.1 Å². The first-order chi connectivity index (χ1) is 13.5. The number of benzene rings is 1. The van der Waals surface area contributed by atoms with Gasteiger partial charge in [0.1, 0.15) is 5.52 Å². The average Bonchev–Trinajstić information content (AvgIpc) is 2.72. The Morgan fingerprint density at radius 2 is 1.68 bits per heavy atom. The molecule has 0 bridgehead atoms. The van der Waals surface area contributed by atoms with E-state index in [2.05, 4.69) is 28.6 Å². The summed E-state index contributed by atoms with van der Waals surface area (Å²) in [5.41, 5.74) is 0.372. The molecule has 8 heteroatoms. The Balaban J connectivity index is 1.82. The molecular weight excluding hydrogens is 360 g/mol. The molecule has 1 aliphatic heterocycles. The van der Waals surface area contributed by atoms with Crippen LogP contribution in [0.5, 0.6) is 17.2 Å². The molecule has 0 atom stereocenters. The first kappa shape index (κ1) is 20.4. The number of piperazine rings is 1. The van der Waals surface area contributed by atoms with Gasteiger partial charge in [-0.2, -0.15) is 0 Å². The Labute approximate surface area is 165 Å². The molecule has 8 nitrogen and oxygen atoms in total. The lowest BCUT2D eigenvalue weighted by atomic mass is 10.2. The van der Waals surface area contributed by atoms with Crippen molar-refractivity contribution in [1.82, 2.24) is 19.4 Å². The van der Waals surface area contributed by atoms with Crippen molar-refractivity contribution in [3.63, 3.8) is 0 Å². The van der Waals surface area contributed by atoms with Gasteiger partial charge in [-0.25, -0.2) is 4.98 Å². The molecule has 2 aromatic rings. The lowest BCUT2D eigenvalue weighted by Gasteiger charge is -2.36. The van der Waals surface area contributed by atoms with Crippen molar-refractivity contribution in [3.8, 4) is 17.2 Å². The smallest absolute Gasteiger partial charge is 0.261 e. The van der Waals surface area contributed by atoms with E-state index >= 15 is 0 Å². The fourth-order valence-corrected chi connectivity index (χ4v) is 3.68. The summed E-state index contributed by atoms with van der Waals surface area (Å²) in [6, 6.07) is 2.25. The zero-order valence-electron chi connectivity index (χ0n) is 17.4. The van der Waals surface area contributed by atoms with E-state index in [4.69, 9.17) is 14.2 Å². The summed E-state index contributed by atoms with van der Waals surface area (Å²) in [5, 5.41) is 0.460. The van der Waals surface area contributed by atoms with Crippen molar-refractivity contribution in [2.75, 3.05) is 54.1 Å². The fourth-order valence-electron chi connectivity index (χ4n) is 3.68. The normalized spacial score (nSPS) is 15.9. The molecule has 0 radical (unpaired) electrons. The zero-order valence-corrected chi connectivity index (χ0v) is 17.4. The van der Waals surface area contributed by atoms with Crippen molar-refractivity contribution in [3.05, 3.63) is 22.7 Å². The van der Waals surface area contributed by atoms with Crippen molar-refractivity contribution in [2.45, 2.75) is 26.4 Å². The first-order valence-electron chi connectivity index (χ1n) is 9.64. The molecule has 1 aromatic carbocycles. The highest BCUT2D eigenvalue weighted by Gasteiger charge is 2.21. The summed E-state index contributed by atoms with van der Waals surface area (Å²) in [4.78, 5) is 22.4. The minimum atomic E-state index is -0.106. The maximum absolute atomic E-state index is 13.0. The Bertz CT molecular complexity index is 873. The van der Waals surface area contributed by atoms with E-state index in [0.717, 1.165) is 32.7 Å². The summed E-state index contributed by atoms with van der Waals surface area (Å²) >= 11 is 0. The van der Waals surface area contributed by atoms with Gasteiger partial charge in [0, 0.05) is 45.3 Å². The number of hydrogen-bond acceptors (Lipinski definition) is 7. The molecule has 0 unspecified atom stereocenters. The second-order valence-electron chi connectivity index (χ2n) is 7.26. The van der Waals surface area contributed by atoms with Gasteiger partial charge in [-0.05, 0) is 19.9 Å². The molecule has 0 N–H and O–H groups in total. The van der Waals surface area contributed by atoms with Crippen LogP contribution >= 0.6 is 0 Å². The molecule has 2 heterocycles. The standard InChI is InChI=1S/C20H30N4O4/c1-14(2)23-9-6-22(7-10-23)8-11-24-13-21-17-15(20(24)25)12-16(26-3)18(27-4)19(17)28-5/h12-14H,6-11H2,1-5H3. The molecule has 1 saturated heterocycles. The van der Waals surface area contributed by atoms with Gasteiger partial charge in [0.15, 0.2) is 11.5 Å². The Kier molecular flexibility index (Phi) is 6.41. The second-order valence-corrected chi connectivity index (χ2v) is 7.26. The average molecular weight is 390 g/mol. The van der Waals surface area contributed by atoms with Gasteiger partial charge in [0.05, 0.1) is 33.0 Å². The molecule has 28 heavy (non-hydrogen) atoms. The van der Waals surface area contributed by atoms with Gasteiger partial charge in [-0.1, -0.05) is 0 Å². The van der Waals surface area contributed by atoms with Crippen LogP contribution in [0.2, 0.25) is 0 Å². The second kappa shape index (κ2) is 8.79. The number of aromatic nitrogens is 2. The SMILES string of the molecule is COc1cc2c(=O)n(CCN3CCN(C(C)C)CC3)cnc2c(OC)c1OC. The highest BCUT2D eigenvalue weighted by Crippen LogP contribution is 2.41. The highest BCUT2D eigenvalue weighted by atomic mass is 16.5. The van der Waals surface area contributed by atoms with Gasteiger partial charge in [0.25, 0.3) is 5.56 Å². The molecule has 0 saturated carbocycles. The molecule has 0 amide bonds. The first-order valence-corrected chi connectivity index (χ1v) is 9.64. The highest BCUT2D eigenvalue weighted by molar-refractivity contribution is 5.89. The number of methoxy groups -OCH3 is 3. The largest absolute Gasteiger partial charge is 0.493 e. The van der Waals surface area contributed by atoms with Crippen LogP contribution in [0.1, 0.15) is 13.8 Å². The summed E-state index contributed by atoms with van der Waals surface area (Å²) in [7, 11) is 4.60. The number of hydrogen-bond donors (Lipinski definition) is 0. The van der Waals surface area contributed by atoms with E-state index < -0.39 is 0 Å². The van der Waals surface area contributed by atoms with E-state index in [-0.39, 0.29) is 5.56 Å². The van der Waals surface area contributed by atoms with Crippen LogP contribution in [0.4, 0.5) is 0 Å². The van der Waals surface area contributed by atoms with E-state index in [0.29, 0.717) is 40.7 Å². The van der Waals surface area contributed by atoms with E-state index in [1.54, 1.807) is 17.0 Å². The Morgan fingerprint density at radius 3 is 2.25 bits per heavy atom. The van der Waals surface area contributed by atoms with Crippen molar-refractivity contribution < 1.29 is 14.2 Å². The molecule has 1 fully saturated rings. The molecular formula is C20H30N4O4.